The third-order valence-electron chi connectivity index (χ3n) is 2.48. The van der Waals surface area contributed by atoms with E-state index in [1.807, 2.05) is 0 Å². The van der Waals surface area contributed by atoms with Crippen LogP contribution in [0.25, 0.3) is 10.7 Å². The van der Waals surface area contributed by atoms with Crippen molar-refractivity contribution in [3.8, 4) is 10.7 Å². The standard InChI is InChI=1S/C12H12N4O3S/c1-12(2,11(18)19)16-9(17)8-6-20-10(15-8)7-5-13-3-4-14-7/h3-6H,1-2H3,(H,16,17)(H,18,19). The average molecular weight is 292 g/mol. The molecule has 7 nitrogen and oxygen atoms in total. The van der Waals surface area contributed by atoms with Crippen LogP contribution in [-0.2, 0) is 4.79 Å². The van der Waals surface area contributed by atoms with Crippen molar-refractivity contribution < 1.29 is 14.7 Å². The highest BCUT2D eigenvalue weighted by molar-refractivity contribution is 7.13. The molecule has 0 radical (unpaired) electrons. The van der Waals surface area contributed by atoms with Gasteiger partial charge in [0.15, 0.2) is 0 Å². The number of rotatable bonds is 4. The van der Waals surface area contributed by atoms with Crippen molar-refractivity contribution in [2.24, 2.45) is 0 Å². The minimum absolute atomic E-state index is 0.157. The number of aliphatic carboxylic acids is 1. The maximum atomic E-state index is 11.9. The first-order chi connectivity index (χ1) is 9.40. The van der Waals surface area contributed by atoms with E-state index in [-0.39, 0.29) is 5.69 Å². The average Bonchev–Trinajstić information content (AvgIpc) is 2.88. The van der Waals surface area contributed by atoms with Crippen molar-refractivity contribution in [3.63, 3.8) is 0 Å². The van der Waals surface area contributed by atoms with Crippen LogP contribution in [0.4, 0.5) is 0 Å². The first kappa shape index (κ1) is 14.1. The Kier molecular flexibility index (Phi) is 3.75. The highest BCUT2D eigenvalue weighted by Gasteiger charge is 2.30. The first-order valence-corrected chi connectivity index (χ1v) is 6.56. The molecule has 0 aliphatic carbocycles. The van der Waals surface area contributed by atoms with Crippen molar-refractivity contribution >= 4 is 23.2 Å². The van der Waals surface area contributed by atoms with Gasteiger partial charge in [-0.25, -0.2) is 9.78 Å². The molecule has 2 aromatic heterocycles. The molecule has 0 aliphatic rings. The van der Waals surface area contributed by atoms with Crippen LogP contribution in [-0.4, -0.2) is 37.5 Å². The summed E-state index contributed by atoms with van der Waals surface area (Å²) in [4.78, 5) is 35.0. The topological polar surface area (TPSA) is 105 Å². The minimum atomic E-state index is -1.35. The second-order valence-corrected chi connectivity index (χ2v) is 5.37. The van der Waals surface area contributed by atoms with Gasteiger partial charge in [0.2, 0.25) is 0 Å². The van der Waals surface area contributed by atoms with Crippen LogP contribution in [0.3, 0.4) is 0 Å². The smallest absolute Gasteiger partial charge is 0.328 e. The maximum Gasteiger partial charge on any atom is 0.328 e. The van der Waals surface area contributed by atoms with Gasteiger partial charge in [-0.15, -0.1) is 11.3 Å². The highest BCUT2D eigenvalue weighted by atomic mass is 32.1. The van der Waals surface area contributed by atoms with Crippen LogP contribution < -0.4 is 5.32 Å². The number of hydrogen-bond donors (Lipinski definition) is 2. The summed E-state index contributed by atoms with van der Waals surface area (Å²) in [6, 6.07) is 0. The molecule has 0 aliphatic heterocycles. The number of amides is 1. The van der Waals surface area contributed by atoms with Gasteiger partial charge in [-0.05, 0) is 13.8 Å². The van der Waals surface area contributed by atoms with E-state index < -0.39 is 17.4 Å². The molecule has 20 heavy (non-hydrogen) atoms. The number of carboxylic acid groups (broad SMARTS) is 1. The van der Waals surface area contributed by atoms with Crippen molar-refractivity contribution in [1.82, 2.24) is 20.3 Å². The number of nitrogens with zero attached hydrogens (tertiary/aromatic N) is 3. The molecule has 0 bridgehead atoms. The van der Waals surface area contributed by atoms with Gasteiger partial charge in [0.05, 0.1) is 6.20 Å². The third-order valence-corrected chi connectivity index (χ3v) is 3.34. The van der Waals surface area contributed by atoms with Gasteiger partial charge in [-0.3, -0.25) is 14.8 Å². The summed E-state index contributed by atoms with van der Waals surface area (Å²) in [6.45, 7) is 2.81. The Morgan fingerprint density at radius 1 is 1.35 bits per heavy atom. The predicted octanol–water partition coefficient (Wildman–Crippen LogP) is 1.19. The molecule has 0 saturated heterocycles. The lowest BCUT2D eigenvalue weighted by Crippen LogP contribution is -2.49. The fraction of sp³-hybridized carbons (Fsp3) is 0.250. The largest absolute Gasteiger partial charge is 0.480 e. The summed E-state index contributed by atoms with van der Waals surface area (Å²) in [5.74, 6) is -1.65. The van der Waals surface area contributed by atoms with E-state index in [9.17, 15) is 9.59 Å². The molecule has 2 aromatic rings. The molecular formula is C12H12N4O3S. The van der Waals surface area contributed by atoms with Crippen molar-refractivity contribution in [2.45, 2.75) is 19.4 Å². The lowest BCUT2D eigenvalue weighted by molar-refractivity contribution is -0.143. The number of carbonyl (C=O) groups is 2. The summed E-state index contributed by atoms with van der Waals surface area (Å²) in [7, 11) is 0. The van der Waals surface area contributed by atoms with E-state index in [2.05, 4.69) is 20.3 Å². The lowest BCUT2D eigenvalue weighted by Gasteiger charge is -2.20. The van der Waals surface area contributed by atoms with Gasteiger partial charge < -0.3 is 10.4 Å². The monoisotopic (exact) mass is 292 g/mol. The highest BCUT2D eigenvalue weighted by Crippen LogP contribution is 2.21. The summed E-state index contributed by atoms with van der Waals surface area (Å²) >= 11 is 1.24. The van der Waals surface area contributed by atoms with E-state index in [1.54, 1.807) is 17.8 Å². The Hall–Kier alpha value is -2.35. The second kappa shape index (κ2) is 5.33. The molecule has 2 rings (SSSR count). The summed E-state index contributed by atoms with van der Waals surface area (Å²) in [5, 5.41) is 13.5. The molecule has 104 valence electrons. The zero-order valence-corrected chi connectivity index (χ0v) is 11.6. The normalized spacial score (nSPS) is 11.1. The van der Waals surface area contributed by atoms with Crippen LogP contribution in [0.1, 0.15) is 24.3 Å². The van der Waals surface area contributed by atoms with Gasteiger partial charge in [-0.1, -0.05) is 0 Å². The van der Waals surface area contributed by atoms with E-state index in [0.29, 0.717) is 10.7 Å². The molecule has 2 heterocycles. The van der Waals surface area contributed by atoms with Crippen LogP contribution >= 0.6 is 11.3 Å². The molecule has 0 unspecified atom stereocenters. The fourth-order valence-electron chi connectivity index (χ4n) is 1.31. The Morgan fingerprint density at radius 3 is 2.70 bits per heavy atom. The van der Waals surface area contributed by atoms with Crippen LogP contribution in [0, 0.1) is 0 Å². The van der Waals surface area contributed by atoms with Crippen LogP contribution in [0.5, 0.6) is 0 Å². The van der Waals surface area contributed by atoms with Crippen LogP contribution in [0.2, 0.25) is 0 Å². The molecule has 0 aromatic carbocycles. The molecular weight excluding hydrogens is 280 g/mol. The zero-order valence-electron chi connectivity index (χ0n) is 10.8. The SMILES string of the molecule is CC(C)(NC(=O)c1csc(-c2cnccn2)n1)C(=O)O. The third kappa shape index (κ3) is 2.97. The second-order valence-electron chi connectivity index (χ2n) is 4.51. The Bertz CT molecular complexity index is 639. The van der Waals surface area contributed by atoms with Gasteiger partial charge in [0.1, 0.15) is 21.9 Å². The number of aromatic nitrogens is 3. The van der Waals surface area contributed by atoms with Crippen molar-refractivity contribution in [1.29, 1.82) is 0 Å². The molecule has 8 heteroatoms. The van der Waals surface area contributed by atoms with Crippen LogP contribution in [0.15, 0.2) is 24.0 Å². The molecule has 0 spiro atoms. The van der Waals surface area contributed by atoms with E-state index in [0.717, 1.165) is 0 Å². The van der Waals surface area contributed by atoms with E-state index in [4.69, 9.17) is 5.11 Å². The Labute approximate surface area is 118 Å². The number of thiazole rings is 1. The quantitative estimate of drug-likeness (QED) is 0.877. The lowest BCUT2D eigenvalue weighted by atomic mass is 10.1. The van der Waals surface area contributed by atoms with Crippen molar-refractivity contribution in [2.75, 3.05) is 0 Å². The molecule has 2 N–H and O–H groups in total. The zero-order chi connectivity index (χ0) is 14.8. The number of carbonyl (C=O) groups excluding carboxylic acids is 1. The number of nitrogens with one attached hydrogen (secondary N) is 1. The van der Waals surface area contributed by atoms with E-state index in [1.165, 1.54) is 31.4 Å². The number of carboxylic acids is 1. The Morgan fingerprint density at radius 2 is 2.10 bits per heavy atom. The summed E-state index contributed by atoms with van der Waals surface area (Å²) in [5.41, 5.74) is -0.632. The fourth-order valence-corrected chi connectivity index (χ4v) is 2.07. The minimum Gasteiger partial charge on any atom is -0.480 e. The molecule has 1 amide bonds. The van der Waals surface area contributed by atoms with E-state index >= 15 is 0 Å². The summed E-state index contributed by atoms with van der Waals surface area (Å²) in [6.07, 6.45) is 4.62. The predicted molar refractivity (Wildman–Crippen MR) is 72.3 cm³/mol. The van der Waals surface area contributed by atoms with Gasteiger partial charge in [0, 0.05) is 17.8 Å². The molecule has 0 fully saturated rings. The Balaban J connectivity index is 2.17. The van der Waals surface area contributed by atoms with Gasteiger partial charge >= 0.3 is 5.97 Å². The maximum absolute atomic E-state index is 11.9. The van der Waals surface area contributed by atoms with Gasteiger partial charge in [0.25, 0.3) is 5.91 Å². The van der Waals surface area contributed by atoms with Gasteiger partial charge in [-0.2, -0.15) is 0 Å². The number of hydrogen-bond acceptors (Lipinski definition) is 6. The van der Waals surface area contributed by atoms with Crippen molar-refractivity contribution in [3.05, 3.63) is 29.7 Å². The first-order valence-electron chi connectivity index (χ1n) is 5.68. The summed E-state index contributed by atoms with van der Waals surface area (Å²) < 4.78 is 0. The molecule has 0 atom stereocenters. The molecule has 0 saturated carbocycles.